The SMILES string of the molecule is CN=C(NCCCc1nnc2n1CCCCC2)N1CC2(CCCC2)c2ccccc21. The minimum atomic E-state index is 0.327. The summed E-state index contributed by atoms with van der Waals surface area (Å²) in [7, 11) is 1.91. The number of aryl methyl sites for hydroxylation is 2. The van der Waals surface area contributed by atoms with E-state index in [4.69, 9.17) is 0 Å². The molecule has 0 saturated heterocycles. The maximum atomic E-state index is 4.64. The van der Waals surface area contributed by atoms with Crippen molar-refractivity contribution in [3.8, 4) is 0 Å². The summed E-state index contributed by atoms with van der Waals surface area (Å²) in [5.41, 5.74) is 3.19. The summed E-state index contributed by atoms with van der Waals surface area (Å²) >= 11 is 0. The zero-order valence-electron chi connectivity index (χ0n) is 18.2. The largest absolute Gasteiger partial charge is 0.356 e. The molecule has 0 atom stereocenters. The third kappa shape index (κ3) is 3.50. The number of rotatable bonds is 4. The van der Waals surface area contributed by atoms with Crippen molar-refractivity contribution in [2.75, 3.05) is 25.0 Å². The van der Waals surface area contributed by atoms with Gasteiger partial charge in [-0.25, -0.2) is 0 Å². The molecule has 1 aliphatic carbocycles. The van der Waals surface area contributed by atoms with Crippen LogP contribution < -0.4 is 10.2 Å². The Labute approximate surface area is 179 Å². The number of nitrogens with zero attached hydrogens (tertiary/aromatic N) is 5. The first-order chi connectivity index (χ1) is 14.8. The molecule has 0 unspecified atom stereocenters. The Morgan fingerprint density at radius 3 is 2.83 bits per heavy atom. The zero-order chi connectivity index (χ0) is 20.4. The number of fused-ring (bicyclic) bond motifs is 3. The smallest absolute Gasteiger partial charge is 0.198 e. The Kier molecular flexibility index (Phi) is 5.48. The molecule has 2 aromatic rings. The Bertz CT molecular complexity index is 908. The number of hydrogen-bond acceptors (Lipinski definition) is 3. The van der Waals surface area contributed by atoms with Gasteiger partial charge in [-0.15, -0.1) is 10.2 Å². The summed E-state index contributed by atoms with van der Waals surface area (Å²) < 4.78 is 2.36. The first-order valence-electron chi connectivity index (χ1n) is 11.8. The predicted molar refractivity (Wildman–Crippen MR) is 121 cm³/mol. The van der Waals surface area contributed by atoms with Crippen LogP contribution in [0.2, 0.25) is 0 Å². The lowest BCUT2D eigenvalue weighted by molar-refractivity contribution is 0.478. The van der Waals surface area contributed by atoms with E-state index in [1.54, 1.807) is 0 Å². The number of para-hydroxylation sites is 1. The number of aliphatic imine (C=N–C) groups is 1. The van der Waals surface area contributed by atoms with Crippen LogP contribution in [0.4, 0.5) is 5.69 Å². The minimum Gasteiger partial charge on any atom is -0.356 e. The quantitative estimate of drug-likeness (QED) is 0.476. The molecule has 1 aromatic heterocycles. The van der Waals surface area contributed by atoms with Crippen LogP contribution in [0.1, 0.15) is 68.6 Å². The molecule has 3 heterocycles. The van der Waals surface area contributed by atoms with Crippen LogP contribution in [-0.4, -0.2) is 40.9 Å². The van der Waals surface area contributed by atoms with E-state index >= 15 is 0 Å². The molecule has 1 spiro atoms. The van der Waals surface area contributed by atoms with Gasteiger partial charge in [0.05, 0.1) is 0 Å². The Morgan fingerprint density at radius 2 is 1.97 bits per heavy atom. The second kappa shape index (κ2) is 8.40. The van der Waals surface area contributed by atoms with Gasteiger partial charge in [0.25, 0.3) is 0 Å². The third-order valence-corrected chi connectivity index (χ3v) is 7.30. The average Bonchev–Trinajstić information content (AvgIpc) is 3.44. The first kappa shape index (κ1) is 19.6. The van der Waals surface area contributed by atoms with Gasteiger partial charge < -0.3 is 14.8 Å². The van der Waals surface area contributed by atoms with Gasteiger partial charge in [-0.2, -0.15) is 0 Å². The van der Waals surface area contributed by atoms with Crippen molar-refractivity contribution in [1.82, 2.24) is 20.1 Å². The van der Waals surface area contributed by atoms with Crippen molar-refractivity contribution in [2.45, 2.75) is 76.2 Å². The number of nitrogens with one attached hydrogen (secondary N) is 1. The van der Waals surface area contributed by atoms with E-state index in [2.05, 4.69) is 54.2 Å². The molecule has 6 nitrogen and oxygen atoms in total. The van der Waals surface area contributed by atoms with Crippen molar-refractivity contribution >= 4 is 11.6 Å². The third-order valence-electron chi connectivity index (χ3n) is 7.30. The molecule has 0 amide bonds. The van der Waals surface area contributed by atoms with Crippen molar-refractivity contribution < 1.29 is 0 Å². The number of hydrogen-bond donors (Lipinski definition) is 1. The molecule has 160 valence electrons. The summed E-state index contributed by atoms with van der Waals surface area (Å²) in [6, 6.07) is 8.95. The number of guanidine groups is 1. The minimum absolute atomic E-state index is 0.327. The molecule has 1 saturated carbocycles. The highest BCUT2D eigenvalue weighted by Gasteiger charge is 2.45. The standard InChI is InChI=1S/C24H34N6/c1-25-23(26-16-9-13-22-28-27-21-12-3-2-8-17-29(21)22)30-18-24(14-6-7-15-24)19-10-4-5-11-20(19)30/h4-5,10-11H,2-3,6-9,12-18H2,1H3,(H,25,26). The Morgan fingerprint density at radius 1 is 1.10 bits per heavy atom. The summed E-state index contributed by atoms with van der Waals surface area (Å²) in [5, 5.41) is 12.5. The highest BCUT2D eigenvalue weighted by molar-refractivity contribution is 5.98. The molecule has 30 heavy (non-hydrogen) atoms. The van der Waals surface area contributed by atoms with Gasteiger partial charge in [-0.05, 0) is 43.7 Å². The zero-order valence-corrected chi connectivity index (χ0v) is 18.2. The second-order valence-electron chi connectivity index (χ2n) is 9.16. The van der Waals surface area contributed by atoms with Gasteiger partial charge in [-0.3, -0.25) is 4.99 Å². The van der Waals surface area contributed by atoms with Gasteiger partial charge in [0.1, 0.15) is 11.6 Å². The van der Waals surface area contributed by atoms with Gasteiger partial charge in [0.2, 0.25) is 0 Å². The van der Waals surface area contributed by atoms with Crippen LogP contribution in [0.5, 0.6) is 0 Å². The van der Waals surface area contributed by atoms with Crippen LogP contribution in [0.25, 0.3) is 0 Å². The molecule has 6 heteroatoms. The van der Waals surface area contributed by atoms with Gasteiger partial charge >= 0.3 is 0 Å². The normalized spacial score (nSPS) is 20.3. The number of aromatic nitrogens is 3. The Hall–Kier alpha value is -2.37. The van der Waals surface area contributed by atoms with E-state index in [0.717, 1.165) is 50.7 Å². The van der Waals surface area contributed by atoms with E-state index in [1.807, 2.05) is 7.05 Å². The number of benzene rings is 1. The van der Waals surface area contributed by atoms with E-state index < -0.39 is 0 Å². The van der Waals surface area contributed by atoms with Crippen molar-refractivity contribution in [2.24, 2.45) is 4.99 Å². The maximum Gasteiger partial charge on any atom is 0.198 e. The van der Waals surface area contributed by atoms with Crippen molar-refractivity contribution in [3.05, 3.63) is 41.5 Å². The molecule has 5 rings (SSSR count). The number of anilines is 1. The van der Waals surface area contributed by atoms with Crippen LogP contribution in [0.15, 0.2) is 29.3 Å². The highest BCUT2D eigenvalue weighted by atomic mass is 15.3. The van der Waals surface area contributed by atoms with Crippen LogP contribution in [0.3, 0.4) is 0 Å². The summed E-state index contributed by atoms with van der Waals surface area (Å²) in [5.74, 6) is 3.34. The van der Waals surface area contributed by atoms with E-state index in [1.165, 1.54) is 62.0 Å². The first-order valence-corrected chi connectivity index (χ1v) is 11.8. The summed E-state index contributed by atoms with van der Waals surface area (Å²) in [6.07, 6.45) is 12.2. The molecular formula is C24H34N6. The average molecular weight is 407 g/mol. The summed E-state index contributed by atoms with van der Waals surface area (Å²) in [4.78, 5) is 7.06. The fourth-order valence-electron chi connectivity index (χ4n) is 5.77. The highest BCUT2D eigenvalue weighted by Crippen LogP contribution is 2.50. The second-order valence-corrected chi connectivity index (χ2v) is 9.16. The van der Waals surface area contributed by atoms with E-state index in [9.17, 15) is 0 Å². The Balaban J connectivity index is 1.22. The van der Waals surface area contributed by atoms with Gasteiger partial charge in [0.15, 0.2) is 5.96 Å². The maximum absolute atomic E-state index is 4.64. The van der Waals surface area contributed by atoms with Crippen LogP contribution >= 0.6 is 0 Å². The van der Waals surface area contributed by atoms with Crippen molar-refractivity contribution in [3.63, 3.8) is 0 Å². The molecule has 1 N–H and O–H groups in total. The molecule has 0 bridgehead atoms. The topological polar surface area (TPSA) is 58.3 Å². The van der Waals surface area contributed by atoms with Crippen LogP contribution in [-0.2, 0) is 24.8 Å². The molecule has 3 aliphatic rings. The lowest BCUT2D eigenvalue weighted by atomic mass is 9.81. The van der Waals surface area contributed by atoms with Crippen LogP contribution in [0, 0.1) is 0 Å². The molecule has 0 radical (unpaired) electrons. The fourth-order valence-corrected chi connectivity index (χ4v) is 5.77. The molecule has 2 aliphatic heterocycles. The molecular weight excluding hydrogens is 372 g/mol. The monoisotopic (exact) mass is 406 g/mol. The van der Waals surface area contributed by atoms with E-state index in [-0.39, 0.29) is 0 Å². The lowest BCUT2D eigenvalue weighted by Gasteiger charge is -2.26. The fraction of sp³-hybridized carbons (Fsp3) is 0.625. The molecule has 1 aromatic carbocycles. The van der Waals surface area contributed by atoms with Gasteiger partial charge in [0, 0.05) is 50.6 Å². The predicted octanol–water partition coefficient (Wildman–Crippen LogP) is 3.84. The lowest BCUT2D eigenvalue weighted by Crippen LogP contribution is -2.43. The molecule has 1 fully saturated rings. The van der Waals surface area contributed by atoms with Gasteiger partial charge in [-0.1, -0.05) is 37.5 Å². The van der Waals surface area contributed by atoms with Crippen molar-refractivity contribution in [1.29, 1.82) is 0 Å². The van der Waals surface area contributed by atoms with E-state index in [0.29, 0.717) is 5.41 Å². The summed E-state index contributed by atoms with van der Waals surface area (Å²) in [6.45, 7) is 3.05.